The molecule has 2 N–H and O–H groups in total. The van der Waals surface area contributed by atoms with Gasteiger partial charge in [0.25, 0.3) is 5.91 Å². The number of amides is 1. The number of carbonyl (C=O) groups is 1. The summed E-state index contributed by atoms with van der Waals surface area (Å²) in [6.07, 6.45) is 2.77. The SMILES string of the molecule is N=Cc1ccc(NC(=O)c2ccco2)c2ccccc12. The highest BCUT2D eigenvalue weighted by atomic mass is 16.3. The number of furan rings is 1. The summed E-state index contributed by atoms with van der Waals surface area (Å²) in [6.45, 7) is 0. The van der Waals surface area contributed by atoms with Gasteiger partial charge in [0.15, 0.2) is 5.76 Å². The molecule has 1 heterocycles. The number of nitrogens with one attached hydrogen (secondary N) is 2. The van der Waals surface area contributed by atoms with Gasteiger partial charge in [-0.15, -0.1) is 0 Å². The fourth-order valence-electron chi connectivity index (χ4n) is 2.15. The van der Waals surface area contributed by atoms with Crippen LogP contribution in [0.25, 0.3) is 10.8 Å². The Bertz CT molecular complexity index is 776. The van der Waals surface area contributed by atoms with Gasteiger partial charge in [-0.25, -0.2) is 0 Å². The highest BCUT2D eigenvalue weighted by molar-refractivity contribution is 6.10. The van der Waals surface area contributed by atoms with E-state index in [4.69, 9.17) is 9.83 Å². The van der Waals surface area contributed by atoms with Crippen molar-refractivity contribution >= 4 is 28.6 Å². The number of hydrogen-bond donors (Lipinski definition) is 2. The van der Waals surface area contributed by atoms with Crippen LogP contribution in [0.2, 0.25) is 0 Å². The van der Waals surface area contributed by atoms with E-state index >= 15 is 0 Å². The van der Waals surface area contributed by atoms with Gasteiger partial charge in [0, 0.05) is 17.3 Å². The van der Waals surface area contributed by atoms with Gasteiger partial charge in [0.2, 0.25) is 0 Å². The van der Waals surface area contributed by atoms with Crippen molar-refractivity contribution in [1.82, 2.24) is 0 Å². The van der Waals surface area contributed by atoms with Crippen molar-refractivity contribution in [2.45, 2.75) is 0 Å². The van der Waals surface area contributed by atoms with Gasteiger partial charge in [-0.1, -0.05) is 30.3 Å². The minimum absolute atomic E-state index is 0.269. The van der Waals surface area contributed by atoms with Crippen molar-refractivity contribution in [3.05, 3.63) is 66.1 Å². The summed E-state index contributed by atoms with van der Waals surface area (Å²) in [7, 11) is 0. The van der Waals surface area contributed by atoms with Crippen molar-refractivity contribution < 1.29 is 9.21 Å². The van der Waals surface area contributed by atoms with Crippen LogP contribution < -0.4 is 5.32 Å². The Kier molecular flexibility index (Phi) is 3.05. The molecular weight excluding hydrogens is 252 g/mol. The second-order valence-electron chi connectivity index (χ2n) is 4.32. The average Bonchev–Trinajstić information content (AvgIpc) is 3.02. The summed E-state index contributed by atoms with van der Waals surface area (Å²) in [5.41, 5.74) is 1.52. The Labute approximate surface area is 115 Å². The van der Waals surface area contributed by atoms with Crippen LogP contribution in [0.1, 0.15) is 16.1 Å². The quantitative estimate of drug-likeness (QED) is 0.708. The minimum atomic E-state index is -0.289. The molecule has 2 aromatic carbocycles. The number of rotatable bonds is 3. The predicted octanol–water partition coefficient (Wildman–Crippen LogP) is 3.68. The van der Waals surface area contributed by atoms with Crippen molar-refractivity contribution in [1.29, 1.82) is 5.41 Å². The fraction of sp³-hybridized carbons (Fsp3) is 0. The van der Waals surface area contributed by atoms with Gasteiger partial charge in [-0.3, -0.25) is 4.79 Å². The molecule has 98 valence electrons. The van der Waals surface area contributed by atoms with Crippen LogP contribution in [0, 0.1) is 5.41 Å². The molecule has 0 spiro atoms. The van der Waals surface area contributed by atoms with Crippen molar-refractivity contribution in [3.63, 3.8) is 0 Å². The van der Waals surface area contributed by atoms with E-state index < -0.39 is 0 Å². The molecule has 3 aromatic rings. The second kappa shape index (κ2) is 5.01. The van der Waals surface area contributed by atoms with Gasteiger partial charge in [-0.2, -0.15) is 0 Å². The summed E-state index contributed by atoms with van der Waals surface area (Å²) >= 11 is 0. The van der Waals surface area contributed by atoms with Crippen LogP contribution in [0.4, 0.5) is 5.69 Å². The lowest BCUT2D eigenvalue weighted by molar-refractivity contribution is 0.0997. The largest absolute Gasteiger partial charge is 0.459 e. The molecule has 4 nitrogen and oxygen atoms in total. The van der Waals surface area contributed by atoms with E-state index in [1.54, 1.807) is 18.2 Å². The van der Waals surface area contributed by atoms with E-state index in [9.17, 15) is 4.79 Å². The van der Waals surface area contributed by atoms with Crippen LogP contribution >= 0.6 is 0 Å². The third-order valence-electron chi connectivity index (χ3n) is 3.11. The lowest BCUT2D eigenvalue weighted by Crippen LogP contribution is -2.11. The summed E-state index contributed by atoms with van der Waals surface area (Å²) in [5, 5.41) is 12.1. The zero-order valence-electron chi connectivity index (χ0n) is 10.6. The van der Waals surface area contributed by atoms with E-state index in [0.29, 0.717) is 5.69 Å². The number of anilines is 1. The lowest BCUT2D eigenvalue weighted by Gasteiger charge is -2.09. The number of hydrogen-bond acceptors (Lipinski definition) is 3. The predicted molar refractivity (Wildman–Crippen MR) is 78.5 cm³/mol. The molecule has 3 rings (SSSR count). The summed E-state index contributed by atoms with van der Waals surface area (Å²) < 4.78 is 5.08. The molecule has 1 aromatic heterocycles. The molecule has 0 aliphatic rings. The van der Waals surface area contributed by atoms with Crippen molar-refractivity contribution in [2.75, 3.05) is 5.32 Å². The maximum atomic E-state index is 12.0. The Balaban J connectivity index is 2.04. The van der Waals surface area contributed by atoms with Gasteiger partial charge in [0.1, 0.15) is 0 Å². The van der Waals surface area contributed by atoms with Crippen LogP contribution in [-0.4, -0.2) is 12.1 Å². The lowest BCUT2D eigenvalue weighted by atomic mass is 10.0. The maximum Gasteiger partial charge on any atom is 0.291 e. The molecule has 0 unspecified atom stereocenters. The molecule has 0 fully saturated rings. The molecular formula is C16H12N2O2. The van der Waals surface area contributed by atoms with Crippen LogP contribution in [0.15, 0.2) is 59.2 Å². The first-order valence-corrected chi connectivity index (χ1v) is 6.16. The van der Waals surface area contributed by atoms with Crippen LogP contribution in [0.3, 0.4) is 0 Å². The normalized spacial score (nSPS) is 10.4. The zero-order chi connectivity index (χ0) is 13.9. The smallest absolute Gasteiger partial charge is 0.291 e. The van der Waals surface area contributed by atoms with Gasteiger partial charge < -0.3 is 15.1 Å². The van der Waals surface area contributed by atoms with E-state index in [-0.39, 0.29) is 11.7 Å². The first-order chi connectivity index (χ1) is 9.79. The monoisotopic (exact) mass is 264 g/mol. The Morgan fingerprint density at radius 2 is 1.85 bits per heavy atom. The molecule has 0 atom stereocenters. The van der Waals surface area contributed by atoms with E-state index in [2.05, 4.69) is 5.32 Å². The maximum absolute atomic E-state index is 12.0. The third-order valence-corrected chi connectivity index (χ3v) is 3.11. The van der Waals surface area contributed by atoms with Gasteiger partial charge in [0.05, 0.1) is 6.26 Å². The summed E-state index contributed by atoms with van der Waals surface area (Å²) in [6, 6.07) is 14.6. The number of benzene rings is 2. The Morgan fingerprint density at radius 1 is 1.05 bits per heavy atom. The van der Waals surface area contributed by atoms with E-state index in [0.717, 1.165) is 16.3 Å². The average molecular weight is 264 g/mol. The minimum Gasteiger partial charge on any atom is -0.459 e. The zero-order valence-corrected chi connectivity index (χ0v) is 10.6. The number of carbonyl (C=O) groups excluding carboxylic acids is 1. The molecule has 4 heteroatoms. The Morgan fingerprint density at radius 3 is 2.55 bits per heavy atom. The molecule has 0 saturated carbocycles. The Hall–Kier alpha value is -2.88. The molecule has 1 amide bonds. The van der Waals surface area contributed by atoms with Gasteiger partial charge in [-0.05, 0) is 29.1 Å². The van der Waals surface area contributed by atoms with Gasteiger partial charge >= 0.3 is 0 Å². The number of fused-ring (bicyclic) bond motifs is 1. The van der Waals surface area contributed by atoms with E-state index in [1.165, 1.54) is 12.5 Å². The first-order valence-electron chi connectivity index (χ1n) is 6.16. The van der Waals surface area contributed by atoms with Crippen LogP contribution in [0.5, 0.6) is 0 Å². The topological polar surface area (TPSA) is 66.1 Å². The molecule has 0 aliphatic carbocycles. The van der Waals surface area contributed by atoms with E-state index in [1.807, 2.05) is 30.3 Å². The summed E-state index contributed by atoms with van der Waals surface area (Å²) in [5.74, 6) is -0.0204. The molecule has 20 heavy (non-hydrogen) atoms. The molecule has 0 bridgehead atoms. The first kappa shape index (κ1) is 12.2. The second-order valence-corrected chi connectivity index (χ2v) is 4.32. The third kappa shape index (κ3) is 2.07. The molecule has 0 aliphatic heterocycles. The van der Waals surface area contributed by atoms with Crippen LogP contribution in [-0.2, 0) is 0 Å². The molecule has 0 radical (unpaired) electrons. The highest BCUT2D eigenvalue weighted by Crippen LogP contribution is 2.26. The van der Waals surface area contributed by atoms with Crippen molar-refractivity contribution in [2.24, 2.45) is 0 Å². The van der Waals surface area contributed by atoms with Crippen molar-refractivity contribution in [3.8, 4) is 0 Å². The standard InChI is InChI=1S/C16H12N2O2/c17-10-11-7-8-14(13-5-2-1-4-12(11)13)18-16(19)15-6-3-9-20-15/h1-10,17H,(H,18,19). The molecule has 0 saturated heterocycles. The summed E-state index contributed by atoms with van der Waals surface area (Å²) in [4.78, 5) is 12.0. The fourth-order valence-corrected chi connectivity index (χ4v) is 2.15. The highest BCUT2D eigenvalue weighted by Gasteiger charge is 2.11.